The number of nitrogens with zero attached hydrogens (tertiary/aromatic N) is 9. The number of rotatable bonds is 6. The van der Waals surface area contributed by atoms with Crippen LogP contribution in [-0.2, 0) is 0 Å². The number of hydrogen-bond acceptors (Lipinski definition) is 13. The number of aromatic nitrogens is 7. The molecule has 13 nitrogen and oxygen atoms in total. The smallest absolute Gasteiger partial charge is 0.282 e. The summed E-state index contributed by atoms with van der Waals surface area (Å²) in [6.45, 7) is 2.37. The zero-order valence-electron chi connectivity index (χ0n) is 28.5. The Kier molecular flexibility index (Phi) is 10.2. The molecule has 0 saturated carbocycles. The van der Waals surface area contributed by atoms with Crippen molar-refractivity contribution in [3.05, 3.63) is 112 Å². The molecule has 2 aliphatic heterocycles. The molecule has 2 atom stereocenters. The van der Waals surface area contributed by atoms with E-state index in [1.54, 1.807) is 34.5 Å². The van der Waals surface area contributed by atoms with Gasteiger partial charge in [0.05, 0.1) is 22.1 Å². The van der Waals surface area contributed by atoms with Gasteiger partial charge in [0.2, 0.25) is 23.4 Å². The lowest BCUT2D eigenvalue weighted by Crippen LogP contribution is -2.39. The summed E-state index contributed by atoms with van der Waals surface area (Å²) in [4.78, 5) is 42.3. The van der Waals surface area contributed by atoms with Crippen LogP contribution in [0.15, 0.2) is 87.2 Å². The highest BCUT2D eigenvalue weighted by Gasteiger charge is 2.32. The highest BCUT2D eigenvalue weighted by Crippen LogP contribution is 2.31. The molecule has 54 heavy (non-hydrogen) atoms. The van der Waals surface area contributed by atoms with E-state index in [1.807, 2.05) is 29.2 Å². The zero-order valence-corrected chi connectivity index (χ0v) is 30.2. The van der Waals surface area contributed by atoms with Gasteiger partial charge < -0.3 is 18.8 Å². The van der Waals surface area contributed by atoms with Crippen molar-refractivity contribution < 1.29 is 27.4 Å². The maximum atomic E-state index is 13.1. The Balaban J connectivity index is 0.000000155. The van der Waals surface area contributed by atoms with E-state index >= 15 is 0 Å². The van der Waals surface area contributed by atoms with E-state index in [-0.39, 0.29) is 35.3 Å². The van der Waals surface area contributed by atoms with E-state index in [1.165, 1.54) is 35.6 Å². The van der Waals surface area contributed by atoms with E-state index in [4.69, 9.17) is 9.05 Å². The van der Waals surface area contributed by atoms with Crippen molar-refractivity contribution in [1.82, 2.24) is 44.7 Å². The second-order valence-electron chi connectivity index (χ2n) is 12.9. The fraction of sp³-hybridized carbons (Fsp3) is 0.270. The van der Waals surface area contributed by atoms with Crippen molar-refractivity contribution in [3.63, 3.8) is 0 Å². The molecule has 0 unspecified atom stereocenters. The van der Waals surface area contributed by atoms with E-state index in [2.05, 4.69) is 34.9 Å². The van der Waals surface area contributed by atoms with Crippen LogP contribution < -0.4 is 0 Å². The van der Waals surface area contributed by atoms with Crippen LogP contribution in [0.25, 0.3) is 33.0 Å². The molecule has 2 saturated heterocycles. The minimum Gasteiger partial charge on any atom is -0.339 e. The topological polar surface area (TPSA) is 157 Å². The molecule has 2 aliphatic rings. The maximum Gasteiger partial charge on any atom is 0.282 e. The molecular formula is C37H31F2N9O4S2. The van der Waals surface area contributed by atoms with E-state index in [0.717, 1.165) is 47.4 Å². The number of para-hydroxylation sites is 1. The Morgan fingerprint density at radius 2 is 1.26 bits per heavy atom. The third kappa shape index (κ3) is 7.77. The number of carbonyl (C=O) groups is 2. The van der Waals surface area contributed by atoms with Crippen LogP contribution in [0.4, 0.5) is 8.78 Å². The van der Waals surface area contributed by atoms with Crippen molar-refractivity contribution in [2.75, 3.05) is 26.2 Å². The zero-order chi connectivity index (χ0) is 37.0. The van der Waals surface area contributed by atoms with Gasteiger partial charge in [0.15, 0.2) is 10.7 Å². The largest absolute Gasteiger partial charge is 0.339 e. The van der Waals surface area contributed by atoms with Gasteiger partial charge in [-0.25, -0.2) is 13.8 Å². The van der Waals surface area contributed by atoms with Crippen LogP contribution in [0.3, 0.4) is 0 Å². The minimum absolute atomic E-state index is 0.0222. The van der Waals surface area contributed by atoms with Gasteiger partial charge >= 0.3 is 0 Å². The number of thiazole rings is 1. The van der Waals surface area contributed by atoms with Crippen molar-refractivity contribution in [2.24, 2.45) is 0 Å². The van der Waals surface area contributed by atoms with Gasteiger partial charge in [-0.05, 0) is 97.9 Å². The molecule has 0 N–H and O–H groups in total. The van der Waals surface area contributed by atoms with Gasteiger partial charge in [0.25, 0.3) is 11.8 Å². The fourth-order valence-corrected chi connectivity index (χ4v) is 7.84. The number of benzene rings is 3. The first kappa shape index (κ1) is 35.2. The Labute approximate surface area is 314 Å². The van der Waals surface area contributed by atoms with Crippen LogP contribution in [0.5, 0.6) is 0 Å². The predicted molar refractivity (Wildman–Crippen MR) is 195 cm³/mol. The lowest BCUT2D eigenvalue weighted by Gasteiger charge is -2.30. The summed E-state index contributed by atoms with van der Waals surface area (Å²) in [5.41, 5.74) is 2.59. The molecule has 2 fully saturated rings. The van der Waals surface area contributed by atoms with Gasteiger partial charge in [-0.3, -0.25) is 9.59 Å². The highest BCUT2D eigenvalue weighted by molar-refractivity contribution is 7.20. The van der Waals surface area contributed by atoms with Crippen molar-refractivity contribution in [2.45, 2.75) is 37.5 Å². The van der Waals surface area contributed by atoms with Crippen LogP contribution in [0.1, 0.15) is 69.6 Å². The van der Waals surface area contributed by atoms with Crippen LogP contribution in [-0.4, -0.2) is 82.6 Å². The van der Waals surface area contributed by atoms with Crippen molar-refractivity contribution in [1.29, 1.82) is 0 Å². The Morgan fingerprint density at radius 1 is 0.704 bits per heavy atom. The molecule has 0 aliphatic carbocycles. The molecule has 4 aromatic heterocycles. The van der Waals surface area contributed by atoms with Gasteiger partial charge in [-0.2, -0.15) is 9.97 Å². The molecule has 274 valence electrons. The number of carbonyl (C=O) groups excluding carboxylic acids is 2. The Bertz CT molecular complexity index is 2330. The molecule has 7 aromatic rings. The third-order valence-electron chi connectivity index (χ3n) is 9.26. The quantitative estimate of drug-likeness (QED) is 0.168. The first-order valence-electron chi connectivity index (χ1n) is 17.3. The van der Waals surface area contributed by atoms with Gasteiger partial charge in [0.1, 0.15) is 11.6 Å². The first-order valence-corrected chi connectivity index (χ1v) is 18.9. The summed E-state index contributed by atoms with van der Waals surface area (Å²) in [6.07, 6.45) is 3.44. The lowest BCUT2D eigenvalue weighted by molar-refractivity contribution is 0.0684. The SMILES string of the molecule is O=C(c1csnn1)N1CCC[C@H](c2nc(-c3ccc(F)cc3)no2)C1.O=C(c1nc2ccccc2s1)N1CCC[C@H](c2nc(-c3ccc(F)cc3)no2)C1. The van der Waals surface area contributed by atoms with Crippen molar-refractivity contribution in [3.8, 4) is 22.8 Å². The molecule has 17 heteroatoms. The summed E-state index contributed by atoms with van der Waals surface area (Å²) in [6, 6.07) is 19.6. The van der Waals surface area contributed by atoms with Gasteiger partial charge in [0, 0.05) is 42.7 Å². The molecule has 9 rings (SSSR count). The van der Waals surface area contributed by atoms with Crippen molar-refractivity contribution >= 4 is 44.9 Å². The van der Waals surface area contributed by atoms with Crippen LogP contribution >= 0.6 is 22.9 Å². The molecule has 2 amide bonds. The molecule has 0 bridgehead atoms. The van der Waals surface area contributed by atoms with Crippen LogP contribution in [0.2, 0.25) is 0 Å². The second-order valence-corrected chi connectivity index (χ2v) is 14.5. The monoisotopic (exact) mass is 767 g/mol. The minimum atomic E-state index is -0.314. The van der Waals surface area contributed by atoms with E-state index in [9.17, 15) is 18.4 Å². The molecule has 3 aromatic carbocycles. The molecule has 0 spiro atoms. The molecule has 6 heterocycles. The van der Waals surface area contributed by atoms with Gasteiger partial charge in [-0.1, -0.05) is 26.9 Å². The Morgan fingerprint density at radius 3 is 1.80 bits per heavy atom. The molecular weight excluding hydrogens is 737 g/mol. The number of piperidine rings is 2. The average molecular weight is 768 g/mol. The molecule has 0 radical (unpaired) electrons. The maximum absolute atomic E-state index is 13.1. The predicted octanol–water partition coefficient (Wildman–Crippen LogP) is 7.25. The van der Waals surface area contributed by atoms with Crippen LogP contribution in [0, 0.1) is 11.6 Å². The average Bonchev–Trinajstić information content (AvgIpc) is 4.06. The highest BCUT2D eigenvalue weighted by atomic mass is 32.1. The third-order valence-corrected chi connectivity index (χ3v) is 10.8. The number of likely N-dealkylation sites (tertiary alicyclic amines) is 2. The fourth-order valence-electron chi connectivity index (χ4n) is 6.48. The first-order chi connectivity index (χ1) is 26.4. The van der Waals surface area contributed by atoms with E-state index < -0.39 is 0 Å². The Hall–Kier alpha value is -5.81. The van der Waals surface area contributed by atoms with Gasteiger partial charge in [-0.15, -0.1) is 16.4 Å². The number of halogens is 2. The summed E-state index contributed by atoms with van der Waals surface area (Å²) < 4.78 is 41.7. The number of hydrogen-bond donors (Lipinski definition) is 0. The lowest BCUT2D eigenvalue weighted by atomic mass is 9.97. The summed E-state index contributed by atoms with van der Waals surface area (Å²) in [5.74, 6) is 0.982. The number of fused-ring (bicyclic) bond motifs is 1. The second kappa shape index (κ2) is 15.7. The summed E-state index contributed by atoms with van der Waals surface area (Å²) >= 11 is 2.57. The van der Waals surface area contributed by atoms with E-state index in [0.29, 0.717) is 71.4 Å². The standard InChI is InChI=1S/C21H17FN4O2S.C16H14FN5O2S/c22-15-9-7-13(8-10-15)18-24-19(28-25-18)14-4-3-11-26(12-14)21(27)20-23-16-5-1-2-6-17(16)29-20;17-12-5-3-10(4-6-12)14-18-15(24-20-14)11-2-1-7-22(8-11)16(23)13-9-25-21-19-13/h1-2,5-10,14H,3-4,11-12H2;3-6,9,11H,1-2,7-8H2/t14-;11-/m00/s1. The summed E-state index contributed by atoms with van der Waals surface area (Å²) in [7, 11) is 0. The summed E-state index contributed by atoms with van der Waals surface area (Å²) in [5, 5.41) is 14.0. The normalized spacial score (nSPS) is 17.3. The number of amides is 2.